The lowest BCUT2D eigenvalue weighted by molar-refractivity contribution is -0.140. The lowest BCUT2D eigenvalue weighted by atomic mass is 9.84. The van der Waals surface area contributed by atoms with Gasteiger partial charge in [-0.05, 0) is 66.4 Å². The van der Waals surface area contributed by atoms with Crippen LogP contribution in [0.2, 0.25) is 0 Å². The van der Waals surface area contributed by atoms with Crippen molar-refractivity contribution in [2.45, 2.75) is 54.4 Å². The van der Waals surface area contributed by atoms with Crippen LogP contribution in [0.25, 0.3) is 5.57 Å². The summed E-state index contributed by atoms with van der Waals surface area (Å²) < 4.78 is 0. The Morgan fingerprint density at radius 1 is 0.958 bits per heavy atom. The average molecular weight is 332 g/mol. The first-order valence-corrected chi connectivity index (χ1v) is 8.35. The standard InChI is InChI=1S/C20H28O4/c1-11(2)9-15-8-7-13(5)17(14(15)6)16(10-12(3)4)18(19(21)22)20(23)24/h7-8,11-12H,9-10H2,1-6H3,(H,21,22)(H,23,24). The highest BCUT2D eigenvalue weighted by Gasteiger charge is 2.26. The van der Waals surface area contributed by atoms with Gasteiger partial charge < -0.3 is 10.2 Å². The van der Waals surface area contributed by atoms with Crippen molar-refractivity contribution in [3.63, 3.8) is 0 Å². The maximum atomic E-state index is 11.6. The molecule has 0 bridgehead atoms. The van der Waals surface area contributed by atoms with E-state index in [1.165, 1.54) is 0 Å². The summed E-state index contributed by atoms with van der Waals surface area (Å²) in [6.45, 7) is 12.0. The molecule has 0 aliphatic rings. The van der Waals surface area contributed by atoms with Crippen LogP contribution in [0.3, 0.4) is 0 Å². The molecule has 0 radical (unpaired) electrons. The molecule has 1 aromatic rings. The molecule has 0 aliphatic heterocycles. The Morgan fingerprint density at radius 3 is 1.92 bits per heavy atom. The molecule has 0 fully saturated rings. The normalized spacial score (nSPS) is 11.0. The molecule has 0 spiro atoms. The van der Waals surface area contributed by atoms with Crippen molar-refractivity contribution in [1.29, 1.82) is 0 Å². The van der Waals surface area contributed by atoms with Crippen LogP contribution in [-0.2, 0) is 16.0 Å². The first-order chi connectivity index (χ1) is 11.1. The number of carbonyl (C=O) groups is 2. The number of rotatable bonds is 7. The molecule has 0 aromatic heterocycles. The Balaban J connectivity index is 3.74. The minimum absolute atomic E-state index is 0.154. The summed E-state index contributed by atoms with van der Waals surface area (Å²) in [5.41, 5.74) is 3.72. The van der Waals surface area contributed by atoms with E-state index in [-0.39, 0.29) is 5.92 Å². The summed E-state index contributed by atoms with van der Waals surface area (Å²) in [4.78, 5) is 23.2. The van der Waals surface area contributed by atoms with Crippen LogP contribution in [0, 0.1) is 25.7 Å². The molecule has 0 saturated heterocycles. The van der Waals surface area contributed by atoms with Gasteiger partial charge in [-0.15, -0.1) is 0 Å². The van der Waals surface area contributed by atoms with Gasteiger partial charge in [0.05, 0.1) is 0 Å². The summed E-state index contributed by atoms with van der Waals surface area (Å²) in [5.74, 6) is -2.14. The van der Waals surface area contributed by atoms with Gasteiger partial charge in [0.15, 0.2) is 0 Å². The fourth-order valence-electron chi connectivity index (χ4n) is 3.10. The zero-order valence-electron chi connectivity index (χ0n) is 15.4. The van der Waals surface area contributed by atoms with E-state index in [9.17, 15) is 19.8 Å². The number of allylic oxidation sites excluding steroid dienone is 1. The van der Waals surface area contributed by atoms with Crippen molar-refractivity contribution in [3.8, 4) is 0 Å². The second-order valence-corrected chi connectivity index (χ2v) is 7.20. The second-order valence-electron chi connectivity index (χ2n) is 7.20. The van der Waals surface area contributed by atoms with E-state index in [0.717, 1.165) is 28.7 Å². The summed E-state index contributed by atoms with van der Waals surface area (Å²) in [6.07, 6.45) is 1.30. The van der Waals surface area contributed by atoms with E-state index >= 15 is 0 Å². The van der Waals surface area contributed by atoms with Crippen molar-refractivity contribution < 1.29 is 19.8 Å². The van der Waals surface area contributed by atoms with Crippen LogP contribution in [0.4, 0.5) is 0 Å². The van der Waals surface area contributed by atoms with Gasteiger partial charge in [0.25, 0.3) is 0 Å². The highest BCUT2D eigenvalue weighted by atomic mass is 16.4. The maximum Gasteiger partial charge on any atom is 0.343 e. The third-order valence-corrected chi connectivity index (χ3v) is 4.06. The first-order valence-electron chi connectivity index (χ1n) is 8.35. The quantitative estimate of drug-likeness (QED) is 0.439. The molecule has 2 N–H and O–H groups in total. The molecular formula is C20H28O4. The lowest BCUT2D eigenvalue weighted by Crippen LogP contribution is -2.16. The van der Waals surface area contributed by atoms with Crippen molar-refractivity contribution in [2.75, 3.05) is 0 Å². The van der Waals surface area contributed by atoms with Gasteiger partial charge in [0, 0.05) is 0 Å². The molecule has 0 aliphatic carbocycles. The number of carboxylic acids is 2. The van der Waals surface area contributed by atoms with E-state index < -0.39 is 17.5 Å². The molecule has 0 saturated carbocycles. The molecular weight excluding hydrogens is 304 g/mol. The molecule has 1 rings (SSSR count). The lowest BCUT2D eigenvalue weighted by Gasteiger charge is -2.21. The molecule has 0 unspecified atom stereocenters. The van der Waals surface area contributed by atoms with Crippen molar-refractivity contribution in [1.82, 2.24) is 0 Å². The molecule has 24 heavy (non-hydrogen) atoms. The van der Waals surface area contributed by atoms with Crippen LogP contribution < -0.4 is 0 Å². The topological polar surface area (TPSA) is 74.6 Å². The fraction of sp³-hybridized carbons (Fsp3) is 0.500. The number of carboxylic acid groups (broad SMARTS) is 2. The molecule has 0 heterocycles. The molecule has 0 amide bonds. The van der Waals surface area contributed by atoms with E-state index in [1.807, 2.05) is 33.8 Å². The van der Waals surface area contributed by atoms with Crippen molar-refractivity contribution in [3.05, 3.63) is 40.0 Å². The second kappa shape index (κ2) is 8.13. The largest absolute Gasteiger partial charge is 0.477 e. The van der Waals surface area contributed by atoms with Crippen LogP contribution >= 0.6 is 0 Å². The summed E-state index contributed by atoms with van der Waals surface area (Å²) in [6, 6.07) is 4.02. The number of benzene rings is 1. The van der Waals surface area contributed by atoms with Crippen molar-refractivity contribution >= 4 is 17.5 Å². The highest BCUT2D eigenvalue weighted by molar-refractivity contribution is 6.19. The Morgan fingerprint density at radius 2 is 1.50 bits per heavy atom. The Hall–Kier alpha value is -2.10. The number of hydrogen-bond acceptors (Lipinski definition) is 2. The Bertz CT molecular complexity index is 650. The molecule has 132 valence electrons. The Labute approximate surface area is 144 Å². The van der Waals surface area contributed by atoms with Gasteiger partial charge >= 0.3 is 11.9 Å². The van der Waals surface area contributed by atoms with Crippen LogP contribution in [-0.4, -0.2) is 22.2 Å². The van der Waals surface area contributed by atoms with Crippen LogP contribution in [0.15, 0.2) is 17.7 Å². The summed E-state index contributed by atoms with van der Waals surface area (Å²) in [7, 11) is 0. The van der Waals surface area contributed by atoms with Gasteiger partial charge in [-0.25, -0.2) is 9.59 Å². The zero-order chi connectivity index (χ0) is 18.6. The predicted molar refractivity (Wildman–Crippen MR) is 96.1 cm³/mol. The summed E-state index contributed by atoms with van der Waals surface area (Å²) >= 11 is 0. The van der Waals surface area contributed by atoms with E-state index in [4.69, 9.17) is 0 Å². The fourth-order valence-corrected chi connectivity index (χ4v) is 3.10. The monoisotopic (exact) mass is 332 g/mol. The molecule has 1 aromatic carbocycles. The number of aryl methyl sites for hydroxylation is 1. The molecule has 4 heteroatoms. The van der Waals surface area contributed by atoms with Gasteiger partial charge in [0.2, 0.25) is 0 Å². The third-order valence-electron chi connectivity index (χ3n) is 4.06. The van der Waals surface area contributed by atoms with Gasteiger partial charge in [-0.3, -0.25) is 0 Å². The van der Waals surface area contributed by atoms with Crippen LogP contribution in [0.1, 0.15) is 56.4 Å². The SMILES string of the molecule is Cc1ccc(CC(C)C)c(C)c1C(CC(C)C)=C(C(=O)O)C(=O)O. The highest BCUT2D eigenvalue weighted by Crippen LogP contribution is 2.33. The predicted octanol–water partition coefficient (Wildman–Crippen LogP) is 4.47. The average Bonchev–Trinajstić information content (AvgIpc) is 2.40. The molecule has 0 atom stereocenters. The zero-order valence-corrected chi connectivity index (χ0v) is 15.4. The smallest absolute Gasteiger partial charge is 0.343 e. The maximum absolute atomic E-state index is 11.6. The number of aliphatic carboxylic acids is 2. The van der Waals surface area contributed by atoms with Crippen LogP contribution in [0.5, 0.6) is 0 Å². The van der Waals surface area contributed by atoms with Gasteiger partial charge in [0.1, 0.15) is 5.57 Å². The third kappa shape index (κ3) is 4.70. The van der Waals surface area contributed by atoms with Crippen molar-refractivity contribution in [2.24, 2.45) is 11.8 Å². The Kier molecular flexibility index (Phi) is 6.76. The van der Waals surface area contributed by atoms with Gasteiger partial charge in [-0.2, -0.15) is 0 Å². The van der Waals surface area contributed by atoms with Gasteiger partial charge in [-0.1, -0.05) is 39.8 Å². The van der Waals surface area contributed by atoms with E-state index in [1.54, 1.807) is 0 Å². The molecule has 4 nitrogen and oxygen atoms in total. The minimum Gasteiger partial charge on any atom is -0.477 e. The first kappa shape index (κ1) is 19.9. The number of hydrogen-bond donors (Lipinski definition) is 2. The minimum atomic E-state index is -1.38. The summed E-state index contributed by atoms with van der Waals surface area (Å²) in [5, 5.41) is 18.9. The van der Waals surface area contributed by atoms with E-state index in [2.05, 4.69) is 19.9 Å². The van der Waals surface area contributed by atoms with E-state index in [0.29, 0.717) is 17.9 Å².